The van der Waals surface area contributed by atoms with Gasteiger partial charge in [0.25, 0.3) is 0 Å². The molecule has 32 heavy (non-hydrogen) atoms. The molecule has 2 aromatic rings. The monoisotopic (exact) mass is 484 g/mol. The van der Waals surface area contributed by atoms with E-state index >= 15 is 0 Å². The molecular formula is C26H39Cl2FN2O. The lowest BCUT2D eigenvalue weighted by molar-refractivity contribution is -0.106. The first kappa shape index (κ1) is 30.2. The predicted octanol–water partition coefficient (Wildman–Crippen LogP) is 8.28. The molecule has 0 heterocycles. The predicted molar refractivity (Wildman–Crippen MR) is 140 cm³/mol. The van der Waals surface area contributed by atoms with Gasteiger partial charge in [0.15, 0.2) is 0 Å². The summed E-state index contributed by atoms with van der Waals surface area (Å²) >= 11 is 12.6. The van der Waals surface area contributed by atoms with E-state index in [0.29, 0.717) is 0 Å². The molecule has 1 N–H and O–H groups in total. The van der Waals surface area contributed by atoms with E-state index in [-0.39, 0.29) is 5.82 Å². The highest BCUT2D eigenvalue weighted by atomic mass is 35.5. The molecule has 2 rings (SSSR count). The average molecular weight is 486 g/mol. The fraction of sp³-hybridized carbons (Fsp3) is 0.500. The van der Waals surface area contributed by atoms with Gasteiger partial charge < -0.3 is 15.0 Å². The van der Waals surface area contributed by atoms with Gasteiger partial charge in [0.1, 0.15) is 12.1 Å². The van der Waals surface area contributed by atoms with Gasteiger partial charge in [-0.1, -0.05) is 57.0 Å². The summed E-state index contributed by atoms with van der Waals surface area (Å²) in [4.78, 5) is 11.1. The van der Waals surface area contributed by atoms with Gasteiger partial charge in [-0.05, 0) is 74.4 Å². The van der Waals surface area contributed by atoms with E-state index in [0.717, 1.165) is 65.1 Å². The van der Waals surface area contributed by atoms with Crippen LogP contribution >= 0.6 is 23.2 Å². The number of carbonyl (C=O) groups is 1. The Kier molecular flexibility index (Phi) is 16.8. The summed E-state index contributed by atoms with van der Waals surface area (Å²) in [5, 5.41) is 4.46. The van der Waals surface area contributed by atoms with Gasteiger partial charge in [-0.3, -0.25) is 0 Å². The SMILES string of the molecule is CC=O.CCCN(CCCC(C)C)c1c(Cl)cccc1Cl.CCc1cc(NC)ccc1F. The molecule has 0 saturated heterocycles. The van der Waals surface area contributed by atoms with E-state index in [4.69, 9.17) is 28.0 Å². The van der Waals surface area contributed by atoms with Crippen LogP contribution in [0.5, 0.6) is 0 Å². The summed E-state index contributed by atoms with van der Waals surface area (Å²) in [6.07, 6.45) is 5.01. The van der Waals surface area contributed by atoms with Crippen LogP contribution in [-0.2, 0) is 11.2 Å². The highest BCUT2D eigenvalue weighted by molar-refractivity contribution is 6.39. The summed E-state index contributed by atoms with van der Waals surface area (Å²) in [6, 6.07) is 10.8. The number of aryl methyl sites for hydroxylation is 1. The molecule has 0 bridgehead atoms. The second kappa shape index (κ2) is 17.7. The molecule has 0 spiro atoms. The van der Waals surface area contributed by atoms with E-state index in [9.17, 15) is 4.39 Å². The molecule has 0 atom stereocenters. The number of aldehydes is 1. The summed E-state index contributed by atoms with van der Waals surface area (Å²) in [5.74, 6) is 0.627. The van der Waals surface area contributed by atoms with Crippen molar-refractivity contribution in [3.05, 3.63) is 57.8 Å². The van der Waals surface area contributed by atoms with Crippen LogP contribution in [0.1, 0.15) is 59.4 Å². The average Bonchev–Trinajstić information content (AvgIpc) is 2.75. The van der Waals surface area contributed by atoms with Gasteiger partial charge >= 0.3 is 0 Å². The molecule has 0 aliphatic heterocycles. The largest absolute Gasteiger partial charge is 0.388 e. The minimum absolute atomic E-state index is 0.119. The third kappa shape index (κ3) is 11.7. The minimum atomic E-state index is -0.119. The van der Waals surface area contributed by atoms with Crippen LogP contribution in [-0.4, -0.2) is 26.4 Å². The van der Waals surface area contributed by atoms with Crippen molar-refractivity contribution < 1.29 is 9.18 Å². The quantitative estimate of drug-likeness (QED) is 0.363. The third-order valence-electron chi connectivity index (χ3n) is 4.67. The number of anilines is 2. The van der Waals surface area contributed by atoms with Crippen LogP contribution in [0.2, 0.25) is 10.0 Å². The number of para-hydroxylation sites is 1. The van der Waals surface area contributed by atoms with Crippen LogP contribution in [0, 0.1) is 11.7 Å². The molecule has 2 aromatic carbocycles. The van der Waals surface area contributed by atoms with Crippen LogP contribution in [0.25, 0.3) is 0 Å². The van der Waals surface area contributed by atoms with Gasteiger partial charge in [-0.2, -0.15) is 0 Å². The van der Waals surface area contributed by atoms with Crippen molar-refractivity contribution >= 4 is 40.9 Å². The molecular weight excluding hydrogens is 446 g/mol. The van der Waals surface area contributed by atoms with Gasteiger partial charge in [0, 0.05) is 25.8 Å². The molecule has 0 unspecified atom stereocenters. The summed E-state index contributed by atoms with van der Waals surface area (Å²) in [6.45, 7) is 12.1. The lowest BCUT2D eigenvalue weighted by Crippen LogP contribution is -2.26. The minimum Gasteiger partial charge on any atom is -0.388 e. The Labute approximate surface area is 204 Å². The van der Waals surface area contributed by atoms with Gasteiger partial charge in [-0.15, -0.1) is 0 Å². The Morgan fingerprint density at radius 1 is 1.09 bits per heavy atom. The first-order chi connectivity index (χ1) is 15.2. The molecule has 180 valence electrons. The summed E-state index contributed by atoms with van der Waals surface area (Å²) in [7, 11) is 1.83. The molecule has 0 saturated carbocycles. The first-order valence-corrected chi connectivity index (χ1v) is 12.1. The van der Waals surface area contributed by atoms with Crippen molar-refractivity contribution in [2.75, 3.05) is 30.4 Å². The number of nitrogens with one attached hydrogen (secondary N) is 1. The number of benzene rings is 2. The van der Waals surface area contributed by atoms with E-state index in [1.807, 2.05) is 38.2 Å². The van der Waals surface area contributed by atoms with E-state index in [2.05, 4.69) is 31.0 Å². The Hall–Kier alpha value is -1.78. The Morgan fingerprint density at radius 3 is 2.16 bits per heavy atom. The van der Waals surface area contributed by atoms with Crippen molar-refractivity contribution in [1.82, 2.24) is 0 Å². The second-order valence-electron chi connectivity index (χ2n) is 7.74. The van der Waals surface area contributed by atoms with Gasteiger partial charge in [-0.25, -0.2) is 4.39 Å². The zero-order valence-corrected chi connectivity index (χ0v) is 21.9. The fourth-order valence-corrected chi connectivity index (χ4v) is 3.72. The van der Waals surface area contributed by atoms with E-state index < -0.39 is 0 Å². The van der Waals surface area contributed by atoms with Crippen molar-refractivity contribution in [3.63, 3.8) is 0 Å². The maximum absolute atomic E-state index is 12.9. The summed E-state index contributed by atoms with van der Waals surface area (Å²) < 4.78 is 12.9. The molecule has 0 aliphatic rings. The molecule has 6 heteroatoms. The van der Waals surface area contributed by atoms with E-state index in [1.165, 1.54) is 25.8 Å². The van der Waals surface area contributed by atoms with Crippen molar-refractivity contribution in [1.29, 1.82) is 0 Å². The number of hydrogen-bond acceptors (Lipinski definition) is 3. The molecule has 0 amide bonds. The van der Waals surface area contributed by atoms with Crippen LogP contribution in [0.15, 0.2) is 36.4 Å². The number of hydrogen-bond donors (Lipinski definition) is 1. The maximum Gasteiger partial charge on any atom is 0.126 e. The van der Waals surface area contributed by atoms with Crippen LogP contribution in [0.4, 0.5) is 15.8 Å². The highest BCUT2D eigenvalue weighted by Gasteiger charge is 2.13. The number of rotatable bonds is 9. The smallest absolute Gasteiger partial charge is 0.126 e. The lowest BCUT2D eigenvalue weighted by atomic mass is 10.1. The third-order valence-corrected chi connectivity index (χ3v) is 5.28. The number of carbonyl (C=O) groups excluding carboxylic acids is 1. The normalized spacial score (nSPS) is 9.94. The summed E-state index contributed by atoms with van der Waals surface area (Å²) in [5.41, 5.74) is 2.71. The Bertz CT molecular complexity index is 764. The van der Waals surface area contributed by atoms with Crippen molar-refractivity contribution in [2.24, 2.45) is 5.92 Å². The molecule has 0 aliphatic carbocycles. The maximum atomic E-state index is 12.9. The molecule has 0 aromatic heterocycles. The fourth-order valence-electron chi connectivity index (χ4n) is 3.09. The van der Waals surface area contributed by atoms with Gasteiger partial charge in [0.2, 0.25) is 0 Å². The molecule has 3 nitrogen and oxygen atoms in total. The molecule has 0 radical (unpaired) electrons. The highest BCUT2D eigenvalue weighted by Crippen LogP contribution is 2.33. The van der Waals surface area contributed by atoms with Crippen LogP contribution < -0.4 is 10.2 Å². The lowest BCUT2D eigenvalue weighted by Gasteiger charge is -2.26. The Balaban J connectivity index is 0.000000582. The van der Waals surface area contributed by atoms with Gasteiger partial charge in [0.05, 0.1) is 15.7 Å². The zero-order chi connectivity index (χ0) is 24.5. The molecule has 0 fully saturated rings. The number of halogens is 3. The Morgan fingerprint density at radius 2 is 1.69 bits per heavy atom. The van der Waals surface area contributed by atoms with Crippen molar-refractivity contribution in [2.45, 2.75) is 60.3 Å². The van der Waals surface area contributed by atoms with Crippen molar-refractivity contribution in [3.8, 4) is 0 Å². The zero-order valence-electron chi connectivity index (χ0n) is 20.4. The second-order valence-corrected chi connectivity index (χ2v) is 8.55. The van der Waals surface area contributed by atoms with Crippen LogP contribution in [0.3, 0.4) is 0 Å². The van der Waals surface area contributed by atoms with E-state index in [1.54, 1.807) is 6.07 Å². The number of nitrogens with zero attached hydrogens (tertiary/aromatic N) is 1. The standard InChI is InChI=1S/C15H23Cl2N.C9H12FN.C2H4O/c1-4-10-18(11-6-7-12(2)3)15-13(16)8-5-9-14(15)17;1-3-7-6-8(11-2)4-5-9(7)10;1-2-3/h5,8-9,12H,4,6-7,10-11H2,1-3H3;4-6,11H,3H2,1-2H3;2H,1H3. The topological polar surface area (TPSA) is 32.3 Å². The first-order valence-electron chi connectivity index (χ1n) is 11.3.